The van der Waals surface area contributed by atoms with Gasteiger partial charge in [0, 0.05) is 57.1 Å². The fraction of sp³-hybridized carbons (Fsp3) is 0.400. The lowest BCUT2D eigenvalue weighted by molar-refractivity contribution is -0.110. The second-order valence-electron chi connectivity index (χ2n) is 8.92. The summed E-state index contributed by atoms with van der Waals surface area (Å²) in [5.74, 6) is 0.717. The van der Waals surface area contributed by atoms with E-state index in [1.807, 2.05) is 19.0 Å². The van der Waals surface area contributed by atoms with Crippen LogP contribution in [0.5, 0.6) is 0 Å². The summed E-state index contributed by atoms with van der Waals surface area (Å²) in [5.41, 5.74) is 7.25. The van der Waals surface area contributed by atoms with Gasteiger partial charge in [-0.05, 0) is 50.1 Å². The highest BCUT2D eigenvalue weighted by molar-refractivity contribution is 6.45. The number of Topliss-reactive ketones (excluding diaryl/α,β-unsaturated/α-hetero) is 1. The lowest BCUT2D eigenvalue weighted by Crippen LogP contribution is -2.44. The summed E-state index contributed by atoms with van der Waals surface area (Å²) < 4.78 is 0. The molecule has 0 N–H and O–H groups in total. The molecule has 1 fully saturated rings. The molecule has 0 spiro atoms. The van der Waals surface area contributed by atoms with Crippen molar-refractivity contribution in [2.45, 2.75) is 19.8 Å². The molecule has 5 rings (SSSR count). The van der Waals surface area contributed by atoms with Gasteiger partial charge >= 0.3 is 0 Å². The van der Waals surface area contributed by atoms with Crippen LogP contribution in [-0.4, -0.2) is 74.6 Å². The number of aryl methyl sites for hydroxylation is 1. The predicted molar refractivity (Wildman–Crippen MR) is 127 cm³/mol. The number of aliphatic imine (C=N–C) groups is 2. The Bertz CT molecular complexity index is 1110. The molecule has 0 aromatic heterocycles. The van der Waals surface area contributed by atoms with Gasteiger partial charge in [0.15, 0.2) is 5.78 Å². The Hall–Kier alpha value is -2.99. The molecule has 6 nitrogen and oxygen atoms in total. The Kier molecular flexibility index (Phi) is 4.89. The number of guanidine groups is 1. The van der Waals surface area contributed by atoms with Crippen molar-refractivity contribution in [3.63, 3.8) is 0 Å². The van der Waals surface area contributed by atoms with Crippen LogP contribution < -0.4 is 4.90 Å². The number of likely N-dealkylation sites (N-methyl/N-ethyl adjacent to an activating group) is 1. The zero-order valence-corrected chi connectivity index (χ0v) is 18.8. The average molecular weight is 416 g/mol. The summed E-state index contributed by atoms with van der Waals surface area (Å²) in [5, 5.41) is 0. The van der Waals surface area contributed by atoms with E-state index < -0.39 is 0 Å². The minimum absolute atomic E-state index is 0.0686. The Morgan fingerprint density at radius 2 is 1.68 bits per heavy atom. The van der Waals surface area contributed by atoms with Crippen LogP contribution in [0.2, 0.25) is 0 Å². The van der Waals surface area contributed by atoms with Gasteiger partial charge in [-0.2, -0.15) is 0 Å². The van der Waals surface area contributed by atoms with Gasteiger partial charge in [0.2, 0.25) is 5.96 Å². The number of benzene rings is 1. The maximum atomic E-state index is 13.6. The van der Waals surface area contributed by atoms with Crippen molar-refractivity contribution in [3.8, 4) is 0 Å². The average Bonchev–Trinajstić information content (AvgIpc) is 3.21. The SMILES string of the molecule is Cc1cc(N2CCN(C)CC2)ccc1C1=C2N=C(N(C)C)N=C2C2=CCCC=C2C1=O. The summed E-state index contributed by atoms with van der Waals surface area (Å²) >= 11 is 0. The molecule has 0 atom stereocenters. The molecule has 1 saturated heterocycles. The zero-order valence-electron chi connectivity index (χ0n) is 18.8. The standard InChI is InChI=1S/C25H29N5O/c1-16-15-17(30-13-11-29(4)12-14-30)9-10-18(16)21-23-22(26-25(27-23)28(2)3)19-7-5-6-8-20(19)24(21)31/h7-10,15H,5-6,11-14H2,1-4H3. The van der Waals surface area contributed by atoms with Crippen LogP contribution >= 0.6 is 0 Å². The van der Waals surface area contributed by atoms with E-state index in [4.69, 9.17) is 9.98 Å². The van der Waals surface area contributed by atoms with E-state index in [-0.39, 0.29) is 5.78 Å². The van der Waals surface area contributed by atoms with Crippen molar-refractivity contribution in [1.82, 2.24) is 9.80 Å². The molecule has 2 aliphatic carbocycles. The van der Waals surface area contributed by atoms with Crippen LogP contribution in [0.3, 0.4) is 0 Å². The number of rotatable bonds is 2. The van der Waals surface area contributed by atoms with E-state index in [0.717, 1.165) is 72.7 Å². The fourth-order valence-corrected chi connectivity index (χ4v) is 4.69. The fourth-order valence-electron chi connectivity index (χ4n) is 4.69. The van der Waals surface area contributed by atoms with Crippen molar-refractivity contribution in [3.05, 3.63) is 58.3 Å². The summed E-state index contributed by atoms with van der Waals surface area (Å²) in [6, 6.07) is 6.46. The van der Waals surface area contributed by atoms with Crippen molar-refractivity contribution in [1.29, 1.82) is 0 Å². The molecule has 2 heterocycles. The number of nitrogens with zero attached hydrogens (tertiary/aromatic N) is 5. The second-order valence-corrected chi connectivity index (χ2v) is 8.92. The van der Waals surface area contributed by atoms with E-state index in [1.54, 1.807) is 0 Å². The number of fused-ring (bicyclic) bond motifs is 3. The number of ketones is 1. The Labute approximate surface area is 184 Å². The highest BCUT2D eigenvalue weighted by atomic mass is 16.1. The van der Waals surface area contributed by atoms with Crippen LogP contribution in [-0.2, 0) is 4.79 Å². The number of piperazine rings is 1. The van der Waals surface area contributed by atoms with E-state index in [9.17, 15) is 4.79 Å². The molecule has 0 amide bonds. The molecule has 6 heteroatoms. The van der Waals surface area contributed by atoms with E-state index in [1.165, 1.54) is 5.69 Å². The number of carbonyl (C=O) groups excluding carboxylic acids is 1. The quantitative estimate of drug-likeness (QED) is 0.745. The molecule has 0 radical (unpaired) electrons. The first-order valence-corrected chi connectivity index (χ1v) is 11.0. The zero-order chi connectivity index (χ0) is 21.7. The molecule has 1 aromatic rings. The van der Waals surface area contributed by atoms with Crippen LogP contribution in [0.25, 0.3) is 5.57 Å². The lowest BCUT2D eigenvalue weighted by Gasteiger charge is -2.34. The van der Waals surface area contributed by atoms with Crippen molar-refractivity contribution < 1.29 is 4.79 Å². The number of hydrogen-bond acceptors (Lipinski definition) is 6. The molecule has 0 bridgehead atoms. The van der Waals surface area contributed by atoms with Crippen LogP contribution in [0.1, 0.15) is 24.0 Å². The smallest absolute Gasteiger partial charge is 0.226 e. The minimum Gasteiger partial charge on any atom is -0.369 e. The Morgan fingerprint density at radius 1 is 0.968 bits per heavy atom. The van der Waals surface area contributed by atoms with E-state index in [2.05, 4.69) is 54.1 Å². The van der Waals surface area contributed by atoms with Gasteiger partial charge in [-0.15, -0.1) is 0 Å². The third-order valence-electron chi connectivity index (χ3n) is 6.51. The summed E-state index contributed by atoms with van der Waals surface area (Å²) in [6.07, 6.45) is 6.03. The number of carbonyl (C=O) groups is 1. The van der Waals surface area contributed by atoms with Crippen molar-refractivity contribution in [2.24, 2.45) is 9.98 Å². The normalized spacial score (nSPS) is 21.3. The third kappa shape index (κ3) is 3.35. The molecule has 1 aromatic carbocycles. The van der Waals surface area contributed by atoms with Crippen LogP contribution in [0, 0.1) is 6.92 Å². The lowest BCUT2D eigenvalue weighted by atomic mass is 9.78. The van der Waals surface area contributed by atoms with Gasteiger partial charge in [0.05, 0.1) is 5.57 Å². The van der Waals surface area contributed by atoms with E-state index in [0.29, 0.717) is 11.5 Å². The monoisotopic (exact) mass is 415 g/mol. The third-order valence-corrected chi connectivity index (χ3v) is 6.51. The van der Waals surface area contributed by atoms with Gasteiger partial charge in [-0.3, -0.25) is 4.79 Å². The van der Waals surface area contributed by atoms with Gasteiger partial charge in [0.1, 0.15) is 11.4 Å². The molecule has 0 unspecified atom stereocenters. The Balaban J connectivity index is 1.60. The largest absolute Gasteiger partial charge is 0.369 e. The summed E-state index contributed by atoms with van der Waals surface area (Å²) in [4.78, 5) is 29.9. The maximum Gasteiger partial charge on any atom is 0.226 e. The Morgan fingerprint density at radius 3 is 2.35 bits per heavy atom. The number of allylic oxidation sites excluding steroid dienone is 5. The molecule has 0 saturated carbocycles. The topological polar surface area (TPSA) is 51.5 Å². The highest BCUT2D eigenvalue weighted by Crippen LogP contribution is 2.41. The van der Waals surface area contributed by atoms with Crippen LogP contribution in [0.15, 0.2) is 57.2 Å². The van der Waals surface area contributed by atoms with Gasteiger partial charge in [-0.25, -0.2) is 9.98 Å². The molecule has 160 valence electrons. The predicted octanol–water partition coefficient (Wildman–Crippen LogP) is 3.06. The van der Waals surface area contributed by atoms with Crippen molar-refractivity contribution in [2.75, 3.05) is 52.2 Å². The number of anilines is 1. The van der Waals surface area contributed by atoms with Gasteiger partial charge in [-0.1, -0.05) is 18.2 Å². The molecule has 4 aliphatic rings. The molecule has 2 aliphatic heterocycles. The maximum absolute atomic E-state index is 13.6. The van der Waals surface area contributed by atoms with Gasteiger partial charge in [0.25, 0.3) is 0 Å². The number of hydrogen-bond donors (Lipinski definition) is 0. The minimum atomic E-state index is 0.0686. The first kappa shape index (κ1) is 19.9. The van der Waals surface area contributed by atoms with E-state index >= 15 is 0 Å². The summed E-state index contributed by atoms with van der Waals surface area (Å²) in [6.45, 7) is 6.28. The van der Waals surface area contributed by atoms with Gasteiger partial charge < -0.3 is 14.7 Å². The second kappa shape index (κ2) is 7.61. The highest BCUT2D eigenvalue weighted by Gasteiger charge is 2.38. The molecular weight excluding hydrogens is 386 g/mol. The summed E-state index contributed by atoms with van der Waals surface area (Å²) in [7, 11) is 6.04. The first-order valence-electron chi connectivity index (χ1n) is 11.0. The molecule has 31 heavy (non-hydrogen) atoms. The first-order chi connectivity index (χ1) is 14.9. The molecular formula is C25H29N5O. The van der Waals surface area contributed by atoms with Crippen LogP contribution in [0.4, 0.5) is 5.69 Å². The van der Waals surface area contributed by atoms with Crippen molar-refractivity contribution >= 4 is 28.7 Å².